The topological polar surface area (TPSA) is 327 Å². The van der Waals surface area contributed by atoms with Gasteiger partial charge in [0, 0.05) is 13.3 Å². The van der Waals surface area contributed by atoms with Crippen molar-refractivity contribution in [3.63, 3.8) is 0 Å². The Morgan fingerprint density at radius 2 is 0.735 bits per heavy atom. The lowest BCUT2D eigenvalue weighted by atomic mass is 10.0. The van der Waals surface area contributed by atoms with E-state index in [9.17, 15) is 38.7 Å². The molecule has 0 spiro atoms. The summed E-state index contributed by atoms with van der Waals surface area (Å²) in [5, 5.41) is 33.5. The maximum Gasteiger partial charge on any atom is 0.326 e. The molecule has 0 rings (SSSR count). The summed E-state index contributed by atoms with van der Waals surface area (Å²) in [6.07, 6.45) is 17.5. The molecule has 0 aromatic carbocycles. The Bertz CT molecular complexity index is 1430. The predicted molar refractivity (Wildman–Crippen MR) is 267 cm³/mol. The van der Waals surface area contributed by atoms with Crippen molar-refractivity contribution in [1.82, 2.24) is 31.9 Å². The number of unbranched alkanes of at least 4 members (excludes halogenated alkanes) is 13. The van der Waals surface area contributed by atoms with Crippen LogP contribution < -0.4 is 49.1 Å². The number of nitrogens with one attached hydrogen (secondary N) is 6. The molecule has 0 aliphatic rings. The number of rotatable bonds is 40. The van der Waals surface area contributed by atoms with Gasteiger partial charge in [-0.05, 0) is 115 Å². The molecule has 6 atom stereocenters. The van der Waals surface area contributed by atoms with Crippen LogP contribution >= 0.6 is 0 Å². The van der Waals surface area contributed by atoms with Gasteiger partial charge in [0.1, 0.15) is 36.3 Å². The minimum Gasteiger partial charge on any atom is -0.481 e. The summed E-state index contributed by atoms with van der Waals surface area (Å²) in [6, 6.07) is -6.37. The number of hydrogen-bond acceptors (Lipinski definition) is 11. The SMILES string of the molecule is CC(=O)O.CCCCCCCCCCCCCC(=O)N[C@@H](CC(C)C)C(=O)N[C@@H](CCCCN)C(=O)N[C@@H](CCCCN)C(=O)N[C@@H](C)C(=O)N[C@@H](CC(C)C)C(=O)N[C@@H](CCCCN)C(=O)O. The van der Waals surface area contributed by atoms with Gasteiger partial charge in [-0.15, -0.1) is 0 Å². The van der Waals surface area contributed by atoms with Crippen LogP contribution in [0, 0.1) is 11.8 Å². The molecule has 0 heterocycles. The van der Waals surface area contributed by atoms with E-state index < -0.39 is 77.7 Å². The average molecular weight is 970 g/mol. The molecule has 0 aliphatic heterocycles. The standard InChI is InChI=1S/C47H91N9O8.C2H4O2/c1-7-8-9-10-11-12-13-14-15-16-17-27-41(57)52-39(31-33(2)3)45(61)54-37(25-19-22-29-49)44(60)53-36(24-18-21-28-48)43(59)51-35(6)42(58)56-40(32-34(4)5)46(62)55-38(47(63)64)26-20-23-30-50;1-2(3)4/h33-40H,7-32,48-50H2,1-6H3,(H,51,59)(H,52,57)(H,53,60)(H,54,61)(H,55,62)(H,56,58)(H,63,64);1H3,(H,3,4)/t35-,36-,37-,38-,39-,40-;/m0./s1. The Morgan fingerprint density at radius 1 is 0.412 bits per heavy atom. The first-order chi connectivity index (χ1) is 32.2. The highest BCUT2D eigenvalue weighted by molar-refractivity contribution is 5.96. The molecule has 6 amide bonds. The van der Waals surface area contributed by atoms with Gasteiger partial charge in [-0.3, -0.25) is 33.6 Å². The molecular weight excluding hydrogens is 875 g/mol. The third kappa shape index (κ3) is 35.7. The maximum absolute atomic E-state index is 14.0. The second-order valence-electron chi connectivity index (χ2n) is 18.9. The Balaban J connectivity index is 0. The molecule has 0 aliphatic carbocycles. The average Bonchev–Trinajstić information content (AvgIpc) is 3.26. The molecule has 19 nitrogen and oxygen atoms in total. The molecule has 14 N–H and O–H groups in total. The lowest BCUT2D eigenvalue weighted by Crippen LogP contribution is -2.59. The van der Waals surface area contributed by atoms with Gasteiger partial charge in [0.15, 0.2) is 0 Å². The molecule has 0 aromatic heterocycles. The van der Waals surface area contributed by atoms with Crippen LogP contribution in [0.3, 0.4) is 0 Å². The van der Waals surface area contributed by atoms with Crippen molar-refractivity contribution in [3.05, 3.63) is 0 Å². The van der Waals surface area contributed by atoms with Gasteiger partial charge in [-0.2, -0.15) is 0 Å². The van der Waals surface area contributed by atoms with E-state index in [0.29, 0.717) is 71.0 Å². The molecule has 0 unspecified atom stereocenters. The maximum atomic E-state index is 14.0. The lowest BCUT2D eigenvalue weighted by Gasteiger charge is -2.27. The van der Waals surface area contributed by atoms with E-state index in [1.165, 1.54) is 51.9 Å². The van der Waals surface area contributed by atoms with E-state index in [2.05, 4.69) is 38.8 Å². The van der Waals surface area contributed by atoms with E-state index in [1.54, 1.807) is 0 Å². The molecule has 19 heteroatoms. The van der Waals surface area contributed by atoms with Crippen molar-refractivity contribution in [2.45, 2.75) is 232 Å². The zero-order chi connectivity index (χ0) is 51.9. The Morgan fingerprint density at radius 3 is 1.12 bits per heavy atom. The number of nitrogens with two attached hydrogens (primary N) is 3. The first-order valence-corrected chi connectivity index (χ1v) is 25.6. The zero-order valence-corrected chi connectivity index (χ0v) is 42.9. The molecule has 0 aromatic rings. The van der Waals surface area contributed by atoms with Crippen molar-refractivity contribution in [3.8, 4) is 0 Å². The number of carbonyl (C=O) groups is 8. The van der Waals surface area contributed by atoms with Crippen molar-refractivity contribution < 1.29 is 48.6 Å². The smallest absolute Gasteiger partial charge is 0.326 e. The monoisotopic (exact) mass is 970 g/mol. The van der Waals surface area contributed by atoms with Crippen LogP contribution in [0.1, 0.15) is 196 Å². The summed E-state index contributed by atoms with van der Waals surface area (Å²) in [6.45, 7) is 13.5. The number of aliphatic carboxylic acids is 2. The largest absolute Gasteiger partial charge is 0.481 e. The van der Waals surface area contributed by atoms with E-state index in [1.807, 2.05) is 27.7 Å². The van der Waals surface area contributed by atoms with E-state index in [0.717, 1.165) is 32.6 Å². The number of carboxylic acid groups (broad SMARTS) is 2. The van der Waals surface area contributed by atoms with Crippen molar-refractivity contribution >= 4 is 47.4 Å². The lowest BCUT2D eigenvalue weighted by molar-refractivity contribution is -0.142. The molecule has 68 heavy (non-hydrogen) atoms. The second-order valence-corrected chi connectivity index (χ2v) is 18.9. The highest BCUT2D eigenvalue weighted by Crippen LogP contribution is 2.14. The fourth-order valence-electron chi connectivity index (χ4n) is 7.39. The summed E-state index contributed by atoms with van der Waals surface area (Å²) in [4.78, 5) is 102. The summed E-state index contributed by atoms with van der Waals surface area (Å²) in [7, 11) is 0. The van der Waals surface area contributed by atoms with Crippen LogP contribution in [-0.4, -0.2) is 113 Å². The minimum atomic E-state index is -1.20. The van der Waals surface area contributed by atoms with Crippen LogP contribution in [0.4, 0.5) is 0 Å². The van der Waals surface area contributed by atoms with Crippen molar-refractivity contribution in [2.24, 2.45) is 29.0 Å². The molecular formula is C49H95N9O10. The van der Waals surface area contributed by atoms with Crippen molar-refractivity contribution in [2.75, 3.05) is 19.6 Å². The van der Waals surface area contributed by atoms with Gasteiger partial charge in [-0.25, -0.2) is 4.79 Å². The quantitative estimate of drug-likeness (QED) is 0.0383. The van der Waals surface area contributed by atoms with Gasteiger partial charge >= 0.3 is 5.97 Å². The Hall–Kier alpha value is -4.36. The number of carbonyl (C=O) groups excluding carboxylic acids is 6. The first-order valence-electron chi connectivity index (χ1n) is 25.6. The molecule has 0 fully saturated rings. The van der Waals surface area contributed by atoms with Gasteiger partial charge < -0.3 is 59.3 Å². The first kappa shape index (κ1) is 65.7. The number of hydrogen-bond donors (Lipinski definition) is 11. The highest BCUT2D eigenvalue weighted by atomic mass is 16.4. The van der Waals surface area contributed by atoms with E-state index in [-0.39, 0.29) is 43.4 Å². The van der Waals surface area contributed by atoms with Crippen LogP contribution in [-0.2, 0) is 38.4 Å². The van der Waals surface area contributed by atoms with Gasteiger partial charge in [-0.1, -0.05) is 98.8 Å². The minimum absolute atomic E-state index is 0.0435. The molecule has 0 saturated heterocycles. The Labute approximate surface area is 407 Å². The van der Waals surface area contributed by atoms with Crippen molar-refractivity contribution in [1.29, 1.82) is 0 Å². The highest BCUT2D eigenvalue weighted by Gasteiger charge is 2.32. The predicted octanol–water partition coefficient (Wildman–Crippen LogP) is 4.27. The fourth-order valence-corrected chi connectivity index (χ4v) is 7.39. The van der Waals surface area contributed by atoms with Crippen LogP contribution in [0.5, 0.6) is 0 Å². The number of amides is 6. The van der Waals surface area contributed by atoms with Gasteiger partial charge in [0.25, 0.3) is 5.97 Å². The molecule has 396 valence electrons. The summed E-state index contributed by atoms with van der Waals surface area (Å²) in [5.41, 5.74) is 17.0. The zero-order valence-electron chi connectivity index (χ0n) is 42.9. The number of carboxylic acids is 2. The van der Waals surface area contributed by atoms with E-state index in [4.69, 9.17) is 27.1 Å². The Kier molecular flexibility index (Phi) is 40.2. The molecule has 0 saturated carbocycles. The van der Waals surface area contributed by atoms with Crippen LogP contribution in [0.2, 0.25) is 0 Å². The summed E-state index contributed by atoms with van der Waals surface area (Å²) >= 11 is 0. The summed E-state index contributed by atoms with van der Waals surface area (Å²) in [5.74, 6) is -5.29. The third-order valence-electron chi connectivity index (χ3n) is 11.2. The van der Waals surface area contributed by atoms with E-state index >= 15 is 0 Å². The summed E-state index contributed by atoms with van der Waals surface area (Å²) < 4.78 is 0. The normalized spacial score (nSPS) is 13.7. The van der Waals surface area contributed by atoms with Gasteiger partial charge in [0.2, 0.25) is 35.4 Å². The second kappa shape index (κ2) is 41.6. The fraction of sp³-hybridized carbons (Fsp3) is 0.837. The van der Waals surface area contributed by atoms with Gasteiger partial charge in [0.05, 0.1) is 0 Å². The third-order valence-corrected chi connectivity index (χ3v) is 11.2. The van der Waals surface area contributed by atoms with Crippen LogP contribution in [0.15, 0.2) is 0 Å². The molecule has 0 radical (unpaired) electrons. The van der Waals surface area contributed by atoms with Crippen LogP contribution in [0.25, 0.3) is 0 Å². The molecule has 0 bridgehead atoms.